The Morgan fingerprint density at radius 1 is 0.513 bits per heavy atom. The van der Waals surface area contributed by atoms with Gasteiger partial charge in [0.25, 0.3) is 0 Å². The highest BCUT2D eigenvalue weighted by Crippen LogP contribution is 2.57. The normalized spacial score (nSPS) is 14.0. The Hall–Kier alpha value is -4.28. The van der Waals surface area contributed by atoms with Crippen molar-refractivity contribution in [3.05, 3.63) is 131 Å². The first kappa shape index (κ1) is 25.0. The molecule has 0 heterocycles. The maximum absolute atomic E-state index is 13.2. The second kappa shape index (κ2) is 8.89. The molecule has 0 unspecified atom stereocenters. The van der Waals surface area contributed by atoms with Crippen molar-refractivity contribution in [1.29, 1.82) is 0 Å². The van der Waals surface area contributed by atoms with E-state index >= 15 is 0 Å². The first-order chi connectivity index (χ1) is 18.5. The lowest BCUT2D eigenvalue weighted by atomic mass is 9.67. The minimum absolute atomic E-state index is 0.196. The molecule has 0 amide bonds. The molecule has 0 atom stereocenters. The highest BCUT2D eigenvalue weighted by molar-refractivity contribution is 7.82. The molecule has 6 rings (SSSR count). The van der Waals surface area contributed by atoms with Gasteiger partial charge >= 0.3 is 21.0 Å². The van der Waals surface area contributed by atoms with Crippen molar-refractivity contribution >= 4 is 31.8 Å². The van der Waals surface area contributed by atoms with Gasteiger partial charge in [-0.05, 0) is 80.6 Å². The zero-order chi connectivity index (χ0) is 27.4. The molecule has 0 saturated carbocycles. The van der Waals surface area contributed by atoms with Gasteiger partial charge in [-0.1, -0.05) is 80.6 Å². The molecule has 0 radical (unpaired) electrons. The predicted molar refractivity (Wildman–Crippen MR) is 143 cm³/mol. The molecular weight excluding hydrogens is 546 g/mol. The zero-order valence-corrected chi connectivity index (χ0v) is 21.5. The molecule has 5 aromatic carbocycles. The number of halogens is 2. The van der Waals surface area contributed by atoms with E-state index in [1.54, 1.807) is 24.3 Å². The average Bonchev–Trinajstić information content (AvgIpc) is 3.17. The van der Waals surface area contributed by atoms with Crippen LogP contribution < -0.4 is 8.37 Å². The van der Waals surface area contributed by atoms with E-state index in [1.807, 2.05) is 48.5 Å². The number of hydrogen-bond acceptors (Lipinski definition) is 6. The molecule has 0 saturated heterocycles. The molecule has 6 nitrogen and oxygen atoms in total. The number of hydrogen-bond donors (Lipinski definition) is 0. The fourth-order valence-corrected chi connectivity index (χ4v) is 6.18. The average molecular weight is 565 g/mol. The van der Waals surface area contributed by atoms with Crippen molar-refractivity contribution in [2.24, 2.45) is 0 Å². The van der Waals surface area contributed by atoms with Crippen LogP contribution in [0.3, 0.4) is 0 Å². The van der Waals surface area contributed by atoms with Crippen molar-refractivity contribution in [3.8, 4) is 22.6 Å². The Bertz CT molecular complexity index is 1880. The Morgan fingerprint density at radius 3 is 1.49 bits per heavy atom. The highest BCUT2D eigenvalue weighted by atomic mass is 32.3. The van der Waals surface area contributed by atoms with Gasteiger partial charge < -0.3 is 8.37 Å². The lowest BCUT2D eigenvalue weighted by molar-refractivity contribution is 0.438. The third-order valence-corrected chi connectivity index (χ3v) is 7.66. The molecule has 5 aromatic rings. The van der Waals surface area contributed by atoms with Crippen LogP contribution in [0, 0.1) is 0 Å². The largest absolute Gasteiger partial charge is 0.488 e. The lowest BCUT2D eigenvalue weighted by Crippen LogP contribution is -2.28. The molecule has 0 spiro atoms. The van der Waals surface area contributed by atoms with Crippen LogP contribution in [0.4, 0.5) is 7.77 Å². The van der Waals surface area contributed by atoms with E-state index in [0.717, 1.165) is 33.0 Å². The van der Waals surface area contributed by atoms with E-state index in [2.05, 4.69) is 20.5 Å². The summed E-state index contributed by atoms with van der Waals surface area (Å²) in [5.41, 5.74) is 4.23. The van der Waals surface area contributed by atoms with Crippen LogP contribution in [-0.2, 0) is 26.4 Å². The summed E-state index contributed by atoms with van der Waals surface area (Å²) < 4.78 is 79.3. The van der Waals surface area contributed by atoms with Crippen LogP contribution in [0.25, 0.3) is 21.9 Å². The molecule has 0 aliphatic heterocycles. The molecule has 10 heteroatoms. The summed E-state index contributed by atoms with van der Waals surface area (Å²) in [6.07, 6.45) is 0. The summed E-state index contributed by atoms with van der Waals surface area (Å²) in [6.45, 7) is 0. The van der Waals surface area contributed by atoms with E-state index < -0.39 is 26.4 Å². The minimum Gasteiger partial charge on any atom is -0.358 e. The molecule has 0 N–H and O–H groups in total. The topological polar surface area (TPSA) is 86.7 Å². The van der Waals surface area contributed by atoms with E-state index in [0.29, 0.717) is 11.1 Å². The quantitative estimate of drug-likeness (QED) is 0.218. The molecule has 1 aliphatic carbocycles. The van der Waals surface area contributed by atoms with Gasteiger partial charge in [0.05, 0.1) is 5.41 Å². The minimum atomic E-state index is -5.21. The number of benzene rings is 5. The molecule has 0 fully saturated rings. The number of rotatable bonds is 6. The van der Waals surface area contributed by atoms with Gasteiger partial charge in [-0.15, -0.1) is 0 Å². The standard InChI is InChI=1S/C29H18F2O6S2/c30-38(32,33)36-23-13-9-21(10-14-23)29(22-11-15-24(16-12-22)37-39(31,34)35)27-8-4-3-7-25(27)26-17-19-5-1-2-6-20(19)18-28(26)29/h1-18H. The molecular formula is C29H18F2O6S2. The van der Waals surface area contributed by atoms with Crippen LogP contribution in [0.2, 0.25) is 0 Å². The summed E-state index contributed by atoms with van der Waals surface area (Å²) >= 11 is 0. The van der Waals surface area contributed by atoms with Gasteiger partial charge in [0, 0.05) is 0 Å². The third-order valence-electron chi connectivity index (χ3n) is 6.88. The summed E-state index contributed by atoms with van der Waals surface area (Å²) in [5, 5.41) is 2.02. The van der Waals surface area contributed by atoms with Gasteiger partial charge in [0.15, 0.2) is 0 Å². The fraction of sp³-hybridized carbons (Fsp3) is 0.0345. The predicted octanol–water partition coefficient (Wildman–Crippen LogP) is 6.39. The monoisotopic (exact) mass is 564 g/mol. The van der Waals surface area contributed by atoms with Crippen molar-refractivity contribution in [2.45, 2.75) is 5.41 Å². The fourth-order valence-electron chi connectivity index (χ4n) is 5.50. The van der Waals surface area contributed by atoms with E-state index in [1.165, 1.54) is 24.3 Å². The van der Waals surface area contributed by atoms with Crippen LogP contribution >= 0.6 is 0 Å². The van der Waals surface area contributed by atoms with E-state index in [-0.39, 0.29) is 11.5 Å². The summed E-state index contributed by atoms with van der Waals surface area (Å²) in [4.78, 5) is 0. The van der Waals surface area contributed by atoms with Crippen LogP contribution in [0.15, 0.2) is 109 Å². The molecule has 39 heavy (non-hydrogen) atoms. The van der Waals surface area contributed by atoms with Crippen LogP contribution in [0.5, 0.6) is 11.5 Å². The van der Waals surface area contributed by atoms with E-state index in [9.17, 15) is 24.6 Å². The van der Waals surface area contributed by atoms with Crippen molar-refractivity contribution in [2.75, 3.05) is 0 Å². The Labute approximate surface area is 223 Å². The molecule has 0 bridgehead atoms. The van der Waals surface area contributed by atoms with E-state index in [4.69, 9.17) is 0 Å². The van der Waals surface area contributed by atoms with Gasteiger partial charge in [0.1, 0.15) is 11.5 Å². The van der Waals surface area contributed by atoms with Crippen molar-refractivity contribution in [1.82, 2.24) is 0 Å². The third kappa shape index (κ3) is 4.41. The first-order valence-corrected chi connectivity index (χ1v) is 14.3. The van der Waals surface area contributed by atoms with Crippen molar-refractivity contribution in [3.63, 3.8) is 0 Å². The SMILES string of the molecule is O=S(=O)(F)Oc1ccc(C2(c3ccc(OS(=O)(=O)F)cc3)c3ccccc3-c3cc4ccccc4cc32)cc1. The van der Waals surface area contributed by atoms with Gasteiger partial charge in [-0.2, -0.15) is 16.8 Å². The molecule has 1 aliphatic rings. The summed E-state index contributed by atoms with van der Waals surface area (Å²) in [6, 6.07) is 32.0. The highest BCUT2D eigenvalue weighted by Gasteiger charge is 2.46. The van der Waals surface area contributed by atoms with Gasteiger partial charge in [0.2, 0.25) is 0 Å². The first-order valence-electron chi connectivity index (χ1n) is 11.7. The second-order valence-corrected chi connectivity index (χ2v) is 10.9. The van der Waals surface area contributed by atoms with Gasteiger partial charge in [-0.25, -0.2) is 0 Å². The molecule has 196 valence electrons. The maximum atomic E-state index is 13.2. The Kier molecular flexibility index (Phi) is 5.70. The van der Waals surface area contributed by atoms with Crippen LogP contribution in [-0.4, -0.2) is 16.8 Å². The molecule has 0 aromatic heterocycles. The van der Waals surface area contributed by atoms with Crippen LogP contribution in [0.1, 0.15) is 22.3 Å². The smallest absolute Gasteiger partial charge is 0.358 e. The Morgan fingerprint density at radius 2 is 0.974 bits per heavy atom. The number of fused-ring (bicyclic) bond motifs is 4. The Balaban J connectivity index is 1.65. The maximum Gasteiger partial charge on any atom is 0.488 e. The lowest BCUT2D eigenvalue weighted by Gasteiger charge is -2.34. The van der Waals surface area contributed by atoms with Crippen molar-refractivity contribution < 1.29 is 33.0 Å². The summed E-state index contributed by atoms with van der Waals surface area (Å²) in [5.74, 6) is -0.392. The summed E-state index contributed by atoms with van der Waals surface area (Å²) in [7, 11) is -10.4. The zero-order valence-electron chi connectivity index (χ0n) is 19.9. The van der Waals surface area contributed by atoms with Gasteiger partial charge in [-0.3, -0.25) is 0 Å². The second-order valence-electron chi connectivity index (χ2n) is 9.04.